The summed E-state index contributed by atoms with van der Waals surface area (Å²) in [6.45, 7) is 7.78. The van der Waals surface area contributed by atoms with Gasteiger partial charge in [-0.1, -0.05) is 33.1 Å². The Morgan fingerprint density at radius 2 is 1.66 bits per heavy atom. The maximum atomic E-state index is 13.8. The maximum Gasteiger partial charge on any atom is 0.257 e. The molecule has 1 aromatic carbocycles. The molecular formula is C30H42N4O5S2. The first-order valence-corrected chi connectivity index (χ1v) is 16.9. The Kier molecular flexibility index (Phi) is 10.3. The van der Waals surface area contributed by atoms with Crippen LogP contribution >= 0.6 is 11.3 Å². The number of sulfonamides is 1. The third-order valence-corrected chi connectivity index (χ3v) is 11.2. The van der Waals surface area contributed by atoms with E-state index in [0.29, 0.717) is 48.7 Å². The molecule has 9 nitrogen and oxygen atoms in total. The van der Waals surface area contributed by atoms with Crippen molar-refractivity contribution in [3.8, 4) is 0 Å². The van der Waals surface area contributed by atoms with Crippen LogP contribution in [0, 0.1) is 0 Å². The molecule has 1 N–H and O–H groups in total. The lowest BCUT2D eigenvalue weighted by Gasteiger charge is -2.30. The van der Waals surface area contributed by atoms with Crippen molar-refractivity contribution in [1.29, 1.82) is 0 Å². The van der Waals surface area contributed by atoms with Crippen LogP contribution in [0.1, 0.15) is 96.9 Å². The predicted octanol–water partition coefficient (Wildman–Crippen LogP) is 5.12. The highest BCUT2D eigenvalue weighted by atomic mass is 32.2. The van der Waals surface area contributed by atoms with Crippen molar-refractivity contribution in [3.63, 3.8) is 0 Å². The molecule has 2 aromatic rings. The number of rotatable bonds is 10. The summed E-state index contributed by atoms with van der Waals surface area (Å²) in [5.74, 6) is -0.543. The van der Waals surface area contributed by atoms with Crippen molar-refractivity contribution in [2.75, 3.05) is 32.0 Å². The van der Waals surface area contributed by atoms with Gasteiger partial charge in [-0.05, 0) is 61.9 Å². The number of carbonyl (C=O) groups excluding carboxylic acids is 3. The number of carbonyl (C=O) groups is 3. The fourth-order valence-corrected chi connectivity index (χ4v) is 8.43. The van der Waals surface area contributed by atoms with Crippen LogP contribution in [0.15, 0.2) is 29.2 Å². The zero-order valence-electron chi connectivity index (χ0n) is 24.6. The van der Waals surface area contributed by atoms with E-state index in [1.165, 1.54) is 46.8 Å². The largest absolute Gasteiger partial charge is 0.339 e. The van der Waals surface area contributed by atoms with Gasteiger partial charge in [-0.15, -0.1) is 11.3 Å². The van der Waals surface area contributed by atoms with Crippen LogP contribution in [0.4, 0.5) is 5.00 Å². The van der Waals surface area contributed by atoms with Gasteiger partial charge in [0.05, 0.1) is 17.0 Å². The van der Waals surface area contributed by atoms with E-state index in [1.54, 1.807) is 11.9 Å². The van der Waals surface area contributed by atoms with E-state index in [0.717, 1.165) is 55.4 Å². The first-order chi connectivity index (χ1) is 19.6. The van der Waals surface area contributed by atoms with Crippen LogP contribution in [-0.2, 0) is 27.8 Å². The second-order valence-corrected chi connectivity index (χ2v) is 14.1. The van der Waals surface area contributed by atoms with Crippen LogP contribution in [0.2, 0.25) is 0 Å². The van der Waals surface area contributed by atoms with Crippen LogP contribution in [-0.4, -0.2) is 73.0 Å². The standard InChI is InChI=1S/C30H42N4O5S2/c1-5-17-33(18-6-2)30(37)27-25-16-19-34(21(3)35)20-26(25)40-29(27)31-28(36)22-12-14-24(15-13-22)41(38,39)32(4)23-10-8-7-9-11-23/h12-15,23H,5-11,16-20H2,1-4H3,(H,31,36). The lowest BCUT2D eigenvalue weighted by Crippen LogP contribution is -2.38. The van der Waals surface area contributed by atoms with Gasteiger partial charge in [-0.3, -0.25) is 14.4 Å². The van der Waals surface area contributed by atoms with E-state index in [-0.39, 0.29) is 22.8 Å². The monoisotopic (exact) mass is 602 g/mol. The molecule has 0 radical (unpaired) electrons. The van der Waals surface area contributed by atoms with Crippen molar-refractivity contribution in [1.82, 2.24) is 14.1 Å². The molecule has 1 aromatic heterocycles. The Morgan fingerprint density at radius 3 is 2.24 bits per heavy atom. The number of nitrogens with zero attached hydrogens (tertiary/aromatic N) is 3. The van der Waals surface area contributed by atoms with Crippen LogP contribution < -0.4 is 5.32 Å². The average Bonchev–Trinajstić information content (AvgIpc) is 3.33. The van der Waals surface area contributed by atoms with Crippen molar-refractivity contribution in [2.45, 2.75) is 89.6 Å². The van der Waals surface area contributed by atoms with E-state index < -0.39 is 15.9 Å². The SMILES string of the molecule is CCCN(CCC)C(=O)c1c(NC(=O)c2ccc(S(=O)(=O)N(C)C3CCCCC3)cc2)sc2c1CCN(C(C)=O)C2. The van der Waals surface area contributed by atoms with Crippen LogP contribution in [0.25, 0.3) is 0 Å². The third kappa shape index (κ3) is 6.84. The quantitative estimate of drug-likeness (QED) is 0.406. The normalized spacial score (nSPS) is 16.0. The molecule has 224 valence electrons. The summed E-state index contributed by atoms with van der Waals surface area (Å²) in [7, 11) is -2.04. The summed E-state index contributed by atoms with van der Waals surface area (Å²) in [6, 6.07) is 5.98. The van der Waals surface area contributed by atoms with Gasteiger partial charge >= 0.3 is 0 Å². The van der Waals surface area contributed by atoms with E-state index >= 15 is 0 Å². The Labute approximate surface area is 247 Å². The van der Waals surface area contributed by atoms with Crippen LogP contribution in [0.5, 0.6) is 0 Å². The number of hydrogen-bond acceptors (Lipinski definition) is 6. The number of nitrogens with one attached hydrogen (secondary N) is 1. The molecule has 1 fully saturated rings. The highest BCUT2D eigenvalue weighted by Crippen LogP contribution is 2.38. The summed E-state index contributed by atoms with van der Waals surface area (Å²) in [5.41, 5.74) is 1.72. The number of anilines is 1. The highest BCUT2D eigenvalue weighted by molar-refractivity contribution is 7.89. The summed E-state index contributed by atoms with van der Waals surface area (Å²) in [4.78, 5) is 43.9. The smallest absolute Gasteiger partial charge is 0.257 e. The van der Waals surface area contributed by atoms with E-state index in [4.69, 9.17) is 0 Å². The minimum absolute atomic E-state index is 0.00328. The Balaban J connectivity index is 1.59. The summed E-state index contributed by atoms with van der Waals surface area (Å²) < 4.78 is 27.9. The Bertz CT molecular complexity index is 1360. The summed E-state index contributed by atoms with van der Waals surface area (Å²) in [5, 5.41) is 3.42. The molecule has 11 heteroatoms. The number of fused-ring (bicyclic) bond motifs is 1. The zero-order valence-corrected chi connectivity index (χ0v) is 26.2. The van der Waals surface area contributed by atoms with Crippen molar-refractivity contribution in [3.05, 3.63) is 45.8 Å². The molecule has 3 amide bonds. The van der Waals surface area contributed by atoms with E-state index in [2.05, 4.69) is 5.32 Å². The van der Waals surface area contributed by atoms with Crippen LogP contribution in [0.3, 0.4) is 0 Å². The summed E-state index contributed by atoms with van der Waals surface area (Å²) >= 11 is 1.34. The van der Waals surface area contributed by atoms with Gasteiger partial charge in [0.2, 0.25) is 15.9 Å². The van der Waals surface area contributed by atoms with Crippen molar-refractivity contribution < 1.29 is 22.8 Å². The van der Waals surface area contributed by atoms with Gasteiger partial charge in [-0.2, -0.15) is 4.31 Å². The fraction of sp³-hybridized carbons (Fsp3) is 0.567. The first kappa shape index (κ1) is 31.2. The molecule has 0 atom stereocenters. The molecule has 41 heavy (non-hydrogen) atoms. The molecule has 0 spiro atoms. The lowest BCUT2D eigenvalue weighted by molar-refractivity contribution is -0.129. The molecule has 1 saturated carbocycles. The zero-order chi connectivity index (χ0) is 29.7. The molecule has 0 bridgehead atoms. The van der Waals surface area contributed by atoms with Gasteiger partial charge in [0, 0.05) is 50.1 Å². The maximum absolute atomic E-state index is 13.8. The average molecular weight is 603 g/mol. The minimum atomic E-state index is -3.67. The van der Waals surface area contributed by atoms with Gasteiger partial charge < -0.3 is 15.1 Å². The molecule has 0 saturated heterocycles. The Morgan fingerprint density at radius 1 is 1.02 bits per heavy atom. The van der Waals surface area contributed by atoms with Crippen molar-refractivity contribution >= 4 is 44.1 Å². The van der Waals surface area contributed by atoms with E-state index in [1.807, 2.05) is 18.7 Å². The minimum Gasteiger partial charge on any atom is -0.339 e. The lowest BCUT2D eigenvalue weighted by atomic mass is 9.96. The second-order valence-electron chi connectivity index (χ2n) is 11.0. The van der Waals surface area contributed by atoms with Gasteiger partial charge in [-0.25, -0.2) is 8.42 Å². The molecule has 2 aliphatic rings. The molecular weight excluding hydrogens is 560 g/mol. The predicted molar refractivity (Wildman–Crippen MR) is 162 cm³/mol. The second kappa shape index (κ2) is 13.5. The Hall–Kier alpha value is -2.76. The number of thiophene rings is 1. The molecule has 1 aliphatic carbocycles. The molecule has 2 heterocycles. The number of benzene rings is 1. The van der Waals surface area contributed by atoms with Gasteiger partial charge in [0.25, 0.3) is 11.8 Å². The first-order valence-electron chi connectivity index (χ1n) is 14.7. The summed E-state index contributed by atoms with van der Waals surface area (Å²) in [6.07, 6.45) is 7.12. The highest BCUT2D eigenvalue weighted by Gasteiger charge is 2.32. The van der Waals surface area contributed by atoms with E-state index in [9.17, 15) is 22.8 Å². The van der Waals surface area contributed by atoms with Crippen molar-refractivity contribution in [2.24, 2.45) is 0 Å². The molecule has 4 rings (SSSR count). The number of hydrogen-bond donors (Lipinski definition) is 1. The van der Waals surface area contributed by atoms with Gasteiger partial charge in [0.15, 0.2) is 0 Å². The topological polar surface area (TPSA) is 107 Å². The fourth-order valence-electron chi connectivity index (χ4n) is 5.76. The molecule has 1 aliphatic heterocycles. The third-order valence-electron chi connectivity index (χ3n) is 8.10. The number of amides is 3. The van der Waals surface area contributed by atoms with Gasteiger partial charge in [0.1, 0.15) is 5.00 Å². The molecule has 0 unspecified atom stereocenters.